The predicted octanol–water partition coefficient (Wildman–Crippen LogP) is 3.21. The number of carbonyl (C=O) groups excluding carboxylic acids is 1. The van der Waals surface area contributed by atoms with Crippen molar-refractivity contribution in [3.63, 3.8) is 0 Å². The summed E-state index contributed by atoms with van der Waals surface area (Å²) in [6, 6.07) is 12.2. The van der Waals surface area contributed by atoms with Crippen LogP contribution in [0, 0.1) is 23.0 Å². The van der Waals surface area contributed by atoms with Crippen LogP contribution in [0.3, 0.4) is 0 Å². The van der Waals surface area contributed by atoms with Gasteiger partial charge in [0.2, 0.25) is 5.91 Å². The zero-order chi connectivity index (χ0) is 15.2. The zero-order valence-electron chi connectivity index (χ0n) is 11.1. The van der Waals surface area contributed by atoms with Crippen molar-refractivity contribution in [1.29, 1.82) is 5.26 Å². The minimum Gasteiger partial charge on any atom is -0.326 e. The summed E-state index contributed by atoms with van der Waals surface area (Å²) in [5.41, 5.74) is 1.09. The number of carbonyl (C=O) groups is 1. The lowest BCUT2D eigenvalue weighted by molar-refractivity contribution is -0.115. The Kier molecular flexibility index (Phi) is 4.62. The minimum atomic E-state index is -0.741. The van der Waals surface area contributed by atoms with E-state index in [1.807, 2.05) is 6.07 Å². The fraction of sp³-hybridized carbons (Fsp3) is 0.125. The lowest BCUT2D eigenvalue weighted by atomic mass is 10.1. The Balaban J connectivity index is 2.03. The van der Waals surface area contributed by atoms with Gasteiger partial charge in [-0.2, -0.15) is 5.26 Å². The van der Waals surface area contributed by atoms with Gasteiger partial charge in [0.25, 0.3) is 0 Å². The Morgan fingerprint density at radius 1 is 1.10 bits per heavy atom. The highest BCUT2D eigenvalue weighted by Crippen LogP contribution is 2.15. The molecule has 106 valence electrons. The van der Waals surface area contributed by atoms with Gasteiger partial charge in [0.1, 0.15) is 11.6 Å². The van der Waals surface area contributed by atoms with E-state index in [4.69, 9.17) is 5.26 Å². The number of nitrogens with one attached hydrogen (secondary N) is 1. The molecule has 3 nitrogen and oxygen atoms in total. The summed E-state index contributed by atoms with van der Waals surface area (Å²) in [6.07, 6.45) is -0.0902. The molecule has 0 bridgehead atoms. The predicted molar refractivity (Wildman–Crippen MR) is 74.5 cm³/mol. The van der Waals surface area contributed by atoms with Crippen LogP contribution in [-0.2, 0) is 17.6 Å². The van der Waals surface area contributed by atoms with E-state index < -0.39 is 17.5 Å². The summed E-state index contributed by atoms with van der Waals surface area (Å²) in [5.74, 6) is -1.99. The molecule has 0 spiro atoms. The van der Waals surface area contributed by atoms with Crippen LogP contribution in [0.4, 0.5) is 14.5 Å². The van der Waals surface area contributed by atoms with Gasteiger partial charge in [-0.1, -0.05) is 18.2 Å². The molecule has 0 atom stereocenters. The van der Waals surface area contributed by atoms with Crippen molar-refractivity contribution in [2.45, 2.75) is 12.8 Å². The van der Waals surface area contributed by atoms with E-state index in [1.54, 1.807) is 24.3 Å². The topological polar surface area (TPSA) is 52.9 Å². The lowest BCUT2D eigenvalue weighted by Gasteiger charge is -2.07. The van der Waals surface area contributed by atoms with Gasteiger partial charge in [0.05, 0.1) is 18.9 Å². The van der Waals surface area contributed by atoms with Gasteiger partial charge in [-0.3, -0.25) is 4.79 Å². The molecule has 2 aromatic carbocycles. The van der Waals surface area contributed by atoms with Gasteiger partial charge in [-0.15, -0.1) is 0 Å². The molecule has 0 heterocycles. The highest BCUT2D eigenvalue weighted by atomic mass is 19.1. The highest BCUT2D eigenvalue weighted by molar-refractivity contribution is 5.92. The van der Waals surface area contributed by atoms with E-state index in [0.29, 0.717) is 5.69 Å². The quantitative estimate of drug-likeness (QED) is 0.938. The number of amides is 1. The molecule has 0 saturated carbocycles. The van der Waals surface area contributed by atoms with Crippen LogP contribution in [0.2, 0.25) is 0 Å². The number of nitrogens with zero attached hydrogens (tertiary/aromatic N) is 1. The molecule has 2 aromatic rings. The van der Waals surface area contributed by atoms with E-state index >= 15 is 0 Å². The maximum Gasteiger partial charge on any atom is 0.229 e. The first-order valence-corrected chi connectivity index (χ1v) is 6.29. The molecule has 1 N–H and O–H groups in total. The molecule has 0 fully saturated rings. The number of nitriles is 1. The van der Waals surface area contributed by atoms with Crippen LogP contribution in [0.25, 0.3) is 0 Å². The summed E-state index contributed by atoms with van der Waals surface area (Å²) in [6.45, 7) is 0. The van der Waals surface area contributed by atoms with Gasteiger partial charge in [0, 0.05) is 11.3 Å². The largest absolute Gasteiger partial charge is 0.326 e. The van der Waals surface area contributed by atoms with Crippen molar-refractivity contribution >= 4 is 11.6 Å². The van der Waals surface area contributed by atoms with Crippen LogP contribution in [0.5, 0.6) is 0 Å². The van der Waals surface area contributed by atoms with Crippen LogP contribution >= 0.6 is 0 Å². The fourth-order valence-electron chi connectivity index (χ4n) is 1.86. The van der Waals surface area contributed by atoms with Crippen molar-refractivity contribution in [2.24, 2.45) is 0 Å². The summed E-state index contributed by atoms with van der Waals surface area (Å²) < 4.78 is 26.9. The minimum absolute atomic E-state index is 0.254. The average molecular weight is 286 g/mol. The van der Waals surface area contributed by atoms with Crippen molar-refractivity contribution in [1.82, 2.24) is 0 Å². The van der Waals surface area contributed by atoms with Gasteiger partial charge >= 0.3 is 0 Å². The Morgan fingerprint density at radius 3 is 2.29 bits per heavy atom. The maximum absolute atomic E-state index is 13.4. The third-order valence-electron chi connectivity index (χ3n) is 2.92. The van der Waals surface area contributed by atoms with Crippen LogP contribution in [0.1, 0.15) is 11.1 Å². The number of benzene rings is 2. The van der Waals surface area contributed by atoms with Crippen LogP contribution < -0.4 is 5.32 Å². The second kappa shape index (κ2) is 6.62. The molecule has 0 aliphatic rings. The lowest BCUT2D eigenvalue weighted by Crippen LogP contribution is -2.16. The maximum atomic E-state index is 13.4. The first-order valence-electron chi connectivity index (χ1n) is 6.29. The number of halogens is 2. The smallest absolute Gasteiger partial charge is 0.229 e. The van der Waals surface area contributed by atoms with Crippen molar-refractivity contribution in [3.05, 3.63) is 65.2 Å². The Morgan fingerprint density at radius 2 is 1.71 bits per heavy atom. The average Bonchev–Trinajstić information content (AvgIpc) is 2.45. The molecule has 1 amide bonds. The number of hydrogen-bond donors (Lipinski definition) is 1. The summed E-state index contributed by atoms with van der Waals surface area (Å²) >= 11 is 0. The van der Waals surface area contributed by atoms with Crippen LogP contribution in [0.15, 0.2) is 42.5 Å². The van der Waals surface area contributed by atoms with Crippen molar-refractivity contribution in [3.8, 4) is 6.07 Å². The van der Waals surface area contributed by atoms with Crippen molar-refractivity contribution in [2.75, 3.05) is 5.32 Å². The third-order valence-corrected chi connectivity index (χ3v) is 2.92. The molecular formula is C16H12F2N2O. The molecule has 2 rings (SSSR count). The van der Waals surface area contributed by atoms with Crippen LogP contribution in [-0.4, -0.2) is 5.91 Å². The first-order chi connectivity index (χ1) is 10.1. The van der Waals surface area contributed by atoms with E-state index in [9.17, 15) is 13.6 Å². The Bertz CT molecular complexity index is 670. The molecule has 0 aliphatic carbocycles. The summed E-state index contributed by atoms with van der Waals surface area (Å²) in [4.78, 5) is 11.8. The van der Waals surface area contributed by atoms with E-state index in [-0.39, 0.29) is 18.4 Å². The van der Waals surface area contributed by atoms with Gasteiger partial charge < -0.3 is 5.32 Å². The standard InChI is InChI=1S/C16H12F2N2O/c17-14-2-1-3-15(18)13(14)10-16(21)20-12-6-4-11(5-7-12)8-9-19/h1-7H,8,10H2,(H,20,21). The number of anilines is 1. The Labute approximate surface area is 120 Å². The van der Waals surface area contributed by atoms with E-state index in [0.717, 1.165) is 17.7 Å². The molecule has 5 heteroatoms. The van der Waals surface area contributed by atoms with Gasteiger partial charge in [-0.05, 0) is 29.8 Å². The summed E-state index contributed by atoms with van der Waals surface area (Å²) in [5, 5.41) is 11.1. The molecule has 0 unspecified atom stereocenters. The van der Waals surface area contributed by atoms with Gasteiger partial charge in [-0.25, -0.2) is 8.78 Å². The monoisotopic (exact) mass is 286 g/mol. The molecule has 0 saturated heterocycles. The second-order valence-electron chi connectivity index (χ2n) is 4.46. The fourth-order valence-corrected chi connectivity index (χ4v) is 1.86. The van der Waals surface area contributed by atoms with Gasteiger partial charge in [0.15, 0.2) is 0 Å². The zero-order valence-corrected chi connectivity index (χ0v) is 11.1. The SMILES string of the molecule is N#CCc1ccc(NC(=O)Cc2c(F)cccc2F)cc1. The second-order valence-corrected chi connectivity index (χ2v) is 4.46. The molecule has 0 radical (unpaired) electrons. The molecule has 0 aromatic heterocycles. The molecule has 21 heavy (non-hydrogen) atoms. The third kappa shape index (κ3) is 3.86. The number of rotatable bonds is 4. The molecular weight excluding hydrogens is 274 g/mol. The first kappa shape index (κ1) is 14.7. The normalized spacial score (nSPS) is 9.95. The number of hydrogen-bond acceptors (Lipinski definition) is 2. The Hall–Kier alpha value is -2.74. The summed E-state index contributed by atoms with van der Waals surface area (Å²) in [7, 11) is 0. The van der Waals surface area contributed by atoms with E-state index in [1.165, 1.54) is 6.07 Å². The van der Waals surface area contributed by atoms with E-state index in [2.05, 4.69) is 5.32 Å². The highest BCUT2D eigenvalue weighted by Gasteiger charge is 2.13. The van der Waals surface area contributed by atoms with Crippen molar-refractivity contribution < 1.29 is 13.6 Å². The molecule has 0 aliphatic heterocycles.